The molecule has 0 spiro atoms. The molecule has 0 heterocycles. The maximum Gasteiger partial charge on any atom is 0.305 e. The van der Waals surface area contributed by atoms with Crippen molar-refractivity contribution in [1.82, 2.24) is 5.32 Å². The molecule has 1 rings (SSSR count). The maximum absolute atomic E-state index is 11.6. The zero-order valence-electron chi connectivity index (χ0n) is 9.20. The summed E-state index contributed by atoms with van der Waals surface area (Å²) < 4.78 is 4.95. The highest BCUT2D eigenvalue weighted by Crippen LogP contribution is 2.22. The van der Waals surface area contributed by atoms with E-state index in [0.717, 1.165) is 0 Å². The van der Waals surface area contributed by atoms with Crippen molar-refractivity contribution >= 4 is 23.5 Å². The van der Waals surface area contributed by atoms with E-state index in [-0.39, 0.29) is 23.6 Å². The van der Waals surface area contributed by atoms with Crippen LogP contribution in [0, 0.1) is 0 Å². The fourth-order valence-corrected chi connectivity index (χ4v) is 1.44. The molecule has 0 saturated carbocycles. The molecule has 0 aliphatic carbocycles. The van der Waals surface area contributed by atoms with Crippen molar-refractivity contribution in [3.8, 4) is 5.75 Å². The minimum absolute atomic E-state index is 0.0660. The third kappa shape index (κ3) is 3.96. The van der Waals surface area contributed by atoms with Gasteiger partial charge in [-0.2, -0.15) is 0 Å². The van der Waals surface area contributed by atoms with E-state index < -0.39 is 11.9 Å². The number of aliphatic carboxylic acids is 1. The van der Waals surface area contributed by atoms with Crippen LogP contribution in [0.25, 0.3) is 0 Å². The summed E-state index contributed by atoms with van der Waals surface area (Å²) in [4.78, 5) is 21.9. The van der Waals surface area contributed by atoms with Gasteiger partial charge in [0.2, 0.25) is 0 Å². The molecule has 92 valence electrons. The number of carboxylic acids is 1. The number of ether oxygens (including phenoxy) is 1. The maximum atomic E-state index is 11.6. The van der Waals surface area contributed by atoms with E-state index in [1.807, 2.05) is 0 Å². The molecular formula is C11H12ClNO4. The first kappa shape index (κ1) is 13.3. The molecule has 0 aliphatic rings. The lowest BCUT2D eigenvalue weighted by molar-refractivity contribution is -0.136. The molecular weight excluding hydrogens is 246 g/mol. The van der Waals surface area contributed by atoms with E-state index in [1.54, 1.807) is 6.07 Å². The van der Waals surface area contributed by atoms with Crippen molar-refractivity contribution in [3.05, 3.63) is 28.8 Å². The first-order chi connectivity index (χ1) is 8.04. The third-order valence-corrected chi connectivity index (χ3v) is 2.36. The standard InChI is InChI=1S/C11H12ClNO4/c1-17-7-2-3-8(9(12)6-7)11(16)13-5-4-10(14)15/h2-3,6H,4-5H2,1H3,(H,13,16)(H,14,15). The number of benzene rings is 1. The second-order valence-corrected chi connectivity index (χ2v) is 3.65. The first-order valence-corrected chi connectivity index (χ1v) is 5.26. The highest BCUT2D eigenvalue weighted by atomic mass is 35.5. The molecule has 1 amide bonds. The molecule has 1 aromatic carbocycles. The summed E-state index contributed by atoms with van der Waals surface area (Å²) in [6.07, 6.45) is -0.125. The Morgan fingerprint density at radius 3 is 2.71 bits per heavy atom. The van der Waals surface area contributed by atoms with Crippen molar-refractivity contribution in [2.24, 2.45) is 0 Å². The lowest BCUT2D eigenvalue weighted by Crippen LogP contribution is -2.26. The molecule has 0 radical (unpaired) electrons. The summed E-state index contributed by atoms with van der Waals surface area (Å²) in [5.74, 6) is -0.817. The van der Waals surface area contributed by atoms with Gasteiger partial charge in [0, 0.05) is 6.54 Å². The van der Waals surface area contributed by atoms with Gasteiger partial charge in [0.25, 0.3) is 5.91 Å². The number of nitrogens with one attached hydrogen (secondary N) is 1. The number of methoxy groups -OCH3 is 1. The summed E-state index contributed by atoms with van der Waals surface area (Å²) in [5.41, 5.74) is 0.290. The highest BCUT2D eigenvalue weighted by molar-refractivity contribution is 6.34. The van der Waals surface area contributed by atoms with Crippen LogP contribution in [0.4, 0.5) is 0 Å². The normalized spacial score (nSPS) is 9.76. The van der Waals surface area contributed by atoms with E-state index >= 15 is 0 Å². The number of carboxylic acid groups (broad SMARTS) is 1. The predicted octanol–water partition coefficient (Wildman–Crippen LogP) is 1.55. The summed E-state index contributed by atoms with van der Waals surface area (Å²) in [6.45, 7) is 0.0660. The zero-order chi connectivity index (χ0) is 12.8. The van der Waals surface area contributed by atoms with Crippen LogP contribution in [0.15, 0.2) is 18.2 Å². The van der Waals surface area contributed by atoms with Crippen molar-refractivity contribution in [1.29, 1.82) is 0 Å². The number of halogens is 1. The van der Waals surface area contributed by atoms with Crippen LogP contribution >= 0.6 is 11.6 Å². The second-order valence-electron chi connectivity index (χ2n) is 3.25. The van der Waals surface area contributed by atoms with Gasteiger partial charge in [0.15, 0.2) is 0 Å². The van der Waals surface area contributed by atoms with E-state index in [2.05, 4.69) is 5.32 Å². The van der Waals surface area contributed by atoms with E-state index in [1.165, 1.54) is 19.2 Å². The average molecular weight is 258 g/mol. The second kappa shape index (κ2) is 6.10. The number of carbonyl (C=O) groups is 2. The van der Waals surface area contributed by atoms with Crippen LogP contribution in [0.1, 0.15) is 16.8 Å². The first-order valence-electron chi connectivity index (χ1n) is 4.88. The largest absolute Gasteiger partial charge is 0.497 e. The molecule has 2 N–H and O–H groups in total. The van der Waals surface area contributed by atoms with E-state index in [4.69, 9.17) is 21.4 Å². The van der Waals surface area contributed by atoms with Crippen molar-refractivity contribution in [2.45, 2.75) is 6.42 Å². The molecule has 0 aliphatic heterocycles. The Balaban J connectivity index is 2.66. The van der Waals surface area contributed by atoms with Gasteiger partial charge in [-0.25, -0.2) is 0 Å². The van der Waals surface area contributed by atoms with Crippen LogP contribution < -0.4 is 10.1 Å². The fraction of sp³-hybridized carbons (Fsp3) is 0.273. The molecule has 17 heavy (non-hydrogen) atoms. The van der Waals surface area contributed by atoms with Crippen molar-refractivity contribution in [2.75, 3.05) is 13.7 Å². The molecule has 0 saturated heterocycles. The van der Waals surface area contributed by atoms with Crippen LogP contribution in [0.2, 0.25) is 5.02 Å². The van der Waals surface area contributed by atoms with Gasteiger partial charge in [0.1, 0.15) is 5.75 Å². The Morgan fingerprint density at radius 2 is 2.18 bits per heavy atom. The van der Waals surface area contributed by atoms with Gasteiger partial charge in [-0.3, -0.25) is 9.59 Å². The number of carbonyl (C=O) groups excluding carboxylic acids is 1. The fourth-order valence-electron chi connectivity index (χ4n) is 1.19. The average Bonchev–Trinajstić information content (AvgIpc) is 2.28. The molecule has 1 aromatic rings. The topological polar surface area (TPSA) is 75.6 Å². The summed E-state index contributed by atoms with van der Waals surface area (Å²) in [6, 6.07) is 4.66. The zero-order valence-corrected chi connectivity index (χ0v) is 9.95. The van der Waals surface area contributed by atoms with Gasteiger partial charge in [0.05, 0.1) is 24.1 Å². The van der Waals surface area contributed by atoms with Crippen molar-refractivity contribution in [3.63, 3.8) is 0 Å². The van der Waals surface area contributed by atoms with Crippen LogP contribution in [-0.4, -0.2) is 30.6 Å². The lowest BCUT2D eigenvalue weighted by Gasteiger charge is -2.07. The molecule has 0 atom stereocenters. The molecule has 6 heteroatoms. The monoisotopic (exact) mass is 257 g/mol. The number of hydrogen-bond donors (Lipinski definition) is 2. The van der Waals surface area contributed by atoms with Gasteiger partial charge in [-0.15, -0.1) is 0 Å². The SMILES string of the molecule is COc1ccc(C(=O)NCCC(=O)O)c(Cl)c1. The lowest BCUT2D eigenvalue weighted by atomic mass is 10.2. The van der Waals surface area contributed by atoms with Gasteiger partial charge in [-0.05, 0) is 18.2 Å². The van der Waals surface area contributed by atoms with Crippen LogP contribution in [0.5, 0.6) is 5.75 Å². The molecule has 0 unspecified atom stereocenters. The quantitative estimate of drug-likeness (QED) is 0.839. The van der Waals surface area contributed by atoms with Gasteiger partial charge >= 0.3 is 5.97 Å². The summed E-state index contributed by atoms with van der Waals surface area (Å²) >= 11 is 5.89. The van der Waals surface area contributed by atoms with Crippen LogP contribution in [-0.2, 0) is 4.79 Å². The Labute approximate surface area is 103 Å². The number of rotatable bonds is 5. The van der Waals surface area contributed by atoms with E-state index in [0.29, 0.717) is 5.75 Å². The summed E-state index contributed by atoms with van der Waals surface area (Å²) in [5, 5.41) is 11.2. The number of hydrogen-bond acceptors (Lipinski definition) is 3. The van der Waals surface area contributed by atoms with E-state index in [9.17, 15) is 9.59 Å². The molecule has 5 nitrogen and oxygen atoms in total. The van der Waals surface area contributed by atoms with Crippen LogP contribution in [0.3, 0.4) is 0 Å². The predicted molar refractivity (Wildman–Crippen MR) is 62.6 cm³/mol. The Hall–Kier alpha value is -1.75. The molecule has 0 fully saturated rings. The third-order valence-electron chi connectivity index (χ3n) is 2.05. The Bertz CT molecular complexity index is 433. The van der Waals surface area contributed by atoms with Gasteiger partial charge in [-0.1, -0.05) is 11.6 Å². The Morgan fingerprint density at radius 1 is 1.47 bits per heavy atom. The minimum atomic E-state index is -0.967. The Kier molecular flexibility index (Phi) is 4.78. The molecule has 0 bridgehead atoms. The molecule has 0 aromatic heterocycles. The summed E-state index contributed by atoms with van der Waals surface area (Å²) in [7, 11) is 1.50. The number of amides is 1. The van der Waals surface area contributed by atoms with Crippen molar-refractivity contribution < 1.29 is 19.4 Å². The highest BCUT2D eigenvalue weighted by Gasteiger charge is 2.11. The minimum Gasteiger partial charge on any atom is -0.497 e. The van der Waals surface area contributed by atoms with Gasteiger partial charge < -0.3 is 15.2 Å². The smallest absolute Gasteiger partial charge is 0.305 e.